The first-order valence-electron chi connectivity index (χ1n) is 11.0. The molecule has 0 aliphatic heterocycles. The number of carbonyl (C=O) groups is 2. The highest BCUT2D eigenvalue weighted by Gasteiger charge is 2.55. The molecule has 4 saturated carbocycles. The topological polar surface area (TPSA) is 46.6 Å². The number of hydrogen-bond donors (Lipinski definition) is 0. The Labute approximate surface area is 159 Å². The summed E-state index contributed by atoms with van der Waals surface area (Å²) in [6.45, 7) is 5.80. The van der Waals surface area contributed by atoms with Crippen LogP contribution >= 0.6 is 0 Å². The average Bonchev–Trinajstić information content (AvgIpc) is 2.59. The fourth-order valence-corrected chi connectivity index (χ4v) is 6.21. The van der Waals surface area contributed by atoms with Crippen molar-refractivity contribution in [1.29, 1.82) is 0 Å². The Bertz CT molecular complexity index is 466. The van der Waals surface area contributed by atoms with E-state index in [1.54, 1.807) is 0 Å². The summed E-state index contributed by atoms with van der Waals surface area (Å²) in [5.74, 6) is 2.51. The van der Waals surface area contributed by atoms with Crippen molar-refractivity contribution < 1.29 is 14.3 Å². The highest BCUT2D eigenvalue weighted by atomic mass is 16.5. The second kappa shape index (κ2) is 8.75. The summed E-state index contributed by atoms with van der Waals surface area (Å²) in [6.07, 6.45) is 12.3. The Morgan fingerprint density at radius 3 is 2.08 bits per heavy atom. The van der Waals surface area contributed by atoms with Crippen LogP contribution in [0.4, 0.5) is 0 Å². The maximum atomic E-state index is 13.6. The van der Waals surface area contributed by atoms with E-state index < -0.39 is 0 Å². The predicted octanol–water partition coefficient (Wildman–Crippen LogP) is 4.56. The van der Waals surface area contributed by atoms with Gasteiger partial charge in [-0.05, 0) is 69.6 Å². The SMILES string of the molecule is CCCCCCN(CCC(=O)OCC)C(=O)C12CC3CC(CC(C3)C1)C2. The maximum absolute atomic E-state index is 13.6. The number of amides is 1. The molecular weight excluding hydrogens is 326 g/mol. The Balaban J connectivity index is 1.64. The smallest absolute Gasteiger partial charge is 0.307 e. The zero-order chi connectivity index (χ0) is 18.6. The van der Waals surface area contributed by atoms with Crippen molar-refractivity contribution in [2.45, 2.75) is 84.5 Å². The molecule has 0 atom stereocenters. The highest BCUT2D eigenvalue weighted by Crippen LogP contribution is 2.60. The molecule has 0 unspecified atom stereocenters. The van der Waals surface area contributed by atoms with Crippen molar-refractivity contribution in [3.8, 4) is 0 Å². The molecule has 4 bridgehead atoms. The molecule has 4 heteroatoms. The van der Waals surface area contributed by atoms with Crippen LogP contribution in [-0.4, -0.2) is 36.5 Å². The second-order valence-corrected chi connectivity index (χ2v) is 9.11. The summed E-state index contributed by atoms with van der Waals surface area (Å²) in [5.41, 5.74) is -0.103. The van der Waals surface area contributed by atoms with Gasteiger partial charge in [0.2, 0.25) is 5.91 Å². The lowest BCUT2D eigenvalue weighted by atomic mass is 9.49. The number of ether oxygens (including phenoxy) is 1. The lowest BCUT2D eigenvalue weighted by molar-refractivity contribution is -0.158. The Kier molecular flexibility index (Phi) is 6.63. The van der Waals surface area contributed by atoms with Crippen LogP contribution in [-0.2, 0) is 14.3 Å². The maximum Gasteiger partial charge on any atom is 0.307 e. The molecule has 26 heavy (non-hydrogen) atoms. The van der Waals surface area contributed by atoms with Gasteiger partial charge in [-0.3, -0.25) is 9.59 Å². The van der Waals surface area contributed by atoms with Crippen molar-refractivity contribution in [2.24, 2.45) is 23.2 Å². The van der Waals surface area contributed by atoms with Gasteiger partial charge in [0.25, 0.3) is 0 Å². The number of hydrogen-bond acceptors (Lipinski definition) is 3. The molecule has 0 spiro atoms. The summed E-state index contributed by atoms with van der Waals surface area (Å²) in [6, 6.07) is 0. The molecule has 4 aliphatic rings. The quantitative estimate of drug-likeness (QED) is 0.422. The molecule has 4 rings (SSSR count). The molecule has 4 fully saturated rings. The van der Waals surface area contributed by atoms with Crippen LogP contribution in [0.5, 0.6) is 0 Å². The van der Waals surface area contributed by atoms with Crippen LogP contribution in [0.15, 0.2) is 0 Å². The van der Waals surface area contributed by atoms with Gasteiger partial charge in [0, 0.05) is 13.1 Å². The molecule has 4 aliphatic carbocycles. The Morgan fingerprint density at radius 2 is 1.54 bits per heavy atom. The molecule has 0 saturated heterocycles. The van der Waals surface area contributed by atoms with E-state index in [2.05, 4.69) is 6.92 Å². The second-order valence-electron chi connectivity index (χ2n) is 9.11. The molecular formula is C22H37NO3. The largest absolute Gasteiger partial charge is 0.466 e. The summed E-state index contributed by atoms with van der Waals surface area (Å²) in [4.78, 5) is 27.5. The molecule has 0 N–H and O–H groups in total. The van der Waals surface area contributed by atoms with Gasteiger partial charge in [0.05, 0.1) is 18.4 Å². The summed E-state index contributed by atoms with van der Waals surface area (Å²) in [7, 11) is 0. The monoisotopic (exact) mass is 363 g/mol. The number of rotatable bonds is 10. The van der Waals surface area contributed by atoms with Crippen molar-refractivity contribution in [1.82, 2.24) is 4.90 Å². The normalized spacial score (nSPS) is 31.8. The van der Waals surface area contributed by atoms with E-state index in [-0.39, 0.29) is 11.4 Å². The van der Waals surface area contributed by atoms with Crippen molar-refractivity contribution >= 4 is 11.9 Å². The summed E-state index contributed by atoms with van der Waals surface area (Å²) < 4.78 is 5.09. The van der Waals surface area contributed by atoms with Crippen LogP contribution in [0, 0.1) is 23.2 Å². The third-order valence-electron chi connectivity index (χ3n) is 6.95. The minimum absolute atomic E-state index is 0.103. The van der Waals surface area contributed by atoms with Gasteiger partial charge in [0.1, 0.15) is 0 Å². The zero-order valence-corrected chi connectivity index (χ0v) is 16.8. The van der Waals surface area contributed by atoms with Crippen LogP contribution in [0.1, 0.15) is 84.5 Å². The van der Waals surface area contributed by atoms with E-state index in [0.29, 0.717) is 25.5 Å². The van der Waals surface area contributed by atoms with Crippen molar-refractivity contribution in [3.63, 3.8) is 0 Å². The van der Waals surface area contributed by atoms with Crippen LogP contribution < -0.4 is 0 Å². The Hall–Kier alpha value is -1.06. The lowest BCUT2D eigenvalue weighted by Gasteiger charge is -2.56. The number of nitrogens with zero attached hydrogens (tertiary/aromatic N) is 1. The number of esters is 1. The van der Waals surface area contributed by atoms with E-state index in [0.717, 1.165) is 50.0 Å². The van der Waals surface area contributed by atoms with Gasteiger partial charge in [-0.1, -0.05) is 26.2 Å². The third-order valence-corrected chi connectivity index (χ3v) is 6.95. The van der Waals surface area contributed by atoms with E-state index in [9.17, 15) is 9.59 Å². The van der Waals surface area contributed by atoms with Gasteiger partial charge in [-0.25, -0.2) is 0 Å². The first kappa shape index (κ1) is 19.7. The van der Waals surface area contributed by atoms with Gasteiger partial charge >= 0.3 is 5.97 Å². The zero-order valence-electron chi connectivity index (χ0n) is 16.8. The molecule has 148 valence electrons. The van der Waals surface area contributed by atoms with Gasteiger partial charge in [0.15, 0.2) is 0 Å². The van der Waals surface area contributed by atoms with Gasteiger partial charge < -0.3 is 9.64 Å². The fourth-order valence-electron chi connectivity index (χ4n) is 6.21. The molecule has 0 heterocycles. The molecule has 0 aromatic carbocycles. The molecule has 0 radical (unpaired) electrons. The van der Waals surface area contributed by atoms with Crippen LogP contribution in [0.25, 0.3) is 0 Å². The fraction of sp³-hybridized carbons (Fsp3) is 0.909. The average molecular weight is 364 g/mol. The summed E-state index contributed by atoms with van der Waals surface area (Å²) >= 11 is 0. The predicted molar refractivity (Wildman–Crippen MR) is 103 cm³/mol. The van der Waals surface area contributed by atoms with Gasteiger partial charge in [-0.15, -0.1) is 0 Å². The van der Waals surface area contributed by atoms with Crippen molar-refractivity contribution in [2.75, 3.05) is 19.7 Å². The third kappa shape index (κ3) is 4.43. The molecule has 0 aromatic rings. The Morgan fingerprint density at radius 1 is 0.923 bits per heavy atom. The molecule has 1 amide bonds. The first-order valence-corrected chi connectivity index (χ1v) is 11.0. The lowest BCUT2D eigenvalue weighted by Crippen LogP contribution is -2.55. The van der Waals surface area contributed by atoms with Crippen LogP contribution in [0.3, 0.4) is 0 Å². The van der Waals surface area contributed by atoms with E-state index in [1.807, 2.05) is 11.8 Å². The molecule has 4 nitrogen and oxygen atoms in total. The summed E-state index contributed by atoms with van der Waals surface area (Å²) in [5, 5.41) is 0. The highest BCUT2D eigenvalue weighted by molar-refractivity contribution is 5.84. The van der Waals surface area contributed by atoms with Crippen LogP contribution in [0.2, 0.25) is 0 Å². The minimum Gasteiger partial charge on any atom is -0.466 e. The first-order chi connectivity index (χ1) is 12.6. The molecule has 0 aromatic heterocycles. The minimum atomic E-state index is -0.177. The van der Waals surface area contributed by atoms with Crippen molar-refractivity contribution in [3.05, 3.63) is 0 Å². The van der Waals surface area contributed by atoms with E-state index >= 15 is 0 Å². The van der Waals surface area contributed by atoms with Gasteiger partial charge in [-0.2, -0.15) is 0 Å². The van der Waals surface area contributed by atoms with E-state index in [4.69, 9.17) is 4.74 Å². The van der Waals surface area contributed by atoms with E-state index in [1.165, 1.54) is 38.5 Å². The number of unbranched alkanes of at least 4 members (excludes halogenated alkanes) is 3. The number of carbonyl (C=O) groups excluding carboxylic acids is 2. The standard InChI is InChI=1S/C22H37NO3/c1-3-5-6-7-9-23(10-8-20(24)26-4-2)21(25)22-14-17-11-18(15-22)13-19(12-17)16-22/h17-19H,3-16H2,1-2H3.